The maximum atomic E-state index is 2.44. The van der Waals surface area contributed by atoms with Crippen LogP contribution in [-0.4, -0.2) is 27.2 Å². The molecule has 2 aromatic carbocycles. The van der Waals surface area contributed by atoms with Crippen LogP contribution in [0.25, 0.3) is 12.2 Å². The lowest BCUT2D eigenvalue weighted by Gasteiger charge is -2.23. The van der Waals surface area contributed by atoms with Gasteiger partial charge in [-0.25, -0.2) is 0 Å². The van der Waals surface area contributed by atoms with Crippen LogP contribution in [0.15, 0.2) is 48.5 Å². The molecule has 2 nitrogen and oxygen atoms in total. The second kappa shape index (κ2) is 9.17. The van der Waals surface area contributed by atoms with Crippen LogP contribution < -0.4 is 9.80 Å². The third-order valence-electron chi connectivity index (χ3n) is 4.30. The summed E-state index contributed by atoms with van der Waals surface area (Å²) in [4.78, 5) is 4.56. The predicted molar refractivity (Wildman–Crippen MR) is 109 cm³/mol. The quantitative estimate of drug-likeness (QED) is 0.588. The summed E-state index contributed by atoms with van der Waals surface area (Å²) in [5.41, 5.74) is 5.01. The minimum Gasteiger partial charge on any atom is -0.378 e. The summed E-state index contributed by atoms with van der Waals surface area (Å²) < 4.78 is 0. The van der Waals surface area contributed by atoms with Crippen molar-refractivity contribution in [3.63, 3.8) is 0 Å². The van der Waals surface area contributed by atoms with Gasteiger partial charge in [-0.1, -0.05) is 49.8 Å². The van der Waals surface area contributed by atoms with Gasteiger partial charge in [-0.15, -0.1) is 0 Å². The Morgan fingerprint density at radius 2 is 1.25 bits per heavy atom. The van der Waals surface area contributed by atoms with Crippen LogP contribution in [-0.2, 0) is 0 Å². The Bertz CT molecular complexity index is 624. The van der Waals surface area contributed by atoms with Gasteiger partial charge in [0, 0.05) is 38.6 Å². The summed E-state index contributed by atoms with van der Waals surface area (Å²) >= 11 is 0. The van der Waals surface area contributed by atoms with Crippen LogP contribution in [0.4, 0.5) is 11.4 Å². The highest BCUT2D eigenvalue weighted by molar-refractivity contribution is 5.71. The van der Waals surface area contributed by atoms with Crippen molar-refractivity contribution < 1.29 is 0 Å². The van der Waals surface area contributed by atoms with Crippen LogP contribution in [0.1, 0.15) is 37.8 Å². The molecule has 0 saturated heterocycles. The molecule has 0 radical (unpaired) electrons. The van der Waals surface area contributed by atoms with Crippen molar-refractivity contribution in [1.29, 1.82) is 0 Å². The van der Waals surface area contributed by atoms with E-state index in [-0.39, 0.29) is 0 Å². The molecule has 0 aliphatic heterocycles. The minimum absolute atomic E-state index is 1.06. The van der Waals surface area contributed by atoms with Gasteiger partial charge >= 0.3 is 0 Å². The van der Waals surface area contributed by atoms with Crippen molar-refractivity contribution in [2.75, 3.05) is 37.0 Å². The van der Waals surface area contributed by atoms with E-state index in [0.29, 0.717) is 0 Å². The van der Waals surface area contributed by atoms with E-state index in [1.165, 1.54) is 35.3 Å². The van der Waals surface area contributed by atoms with Gasteiger partial charge in [-0.3, -0.25) is 0 Å². The molecule has 0 fully saturated rings. The molecule has 2 aromatic rings. The zero-order chi connectivity index (χ0) is 17.4. The number of unbranched alkanes of at least 4 members (excludes halogenated alkanes) is 1. The van der Waals surface area contributed by atoms with Gasteiger partial charge in [0.1, 0.15) is 0 Å². The molecule has 0 heterocycles. The average molecular weight is 322 g/mol. The normalized spacial score (nSPS) is 11.0. The maximum Gasteiger partial charge on any atom is 0.0366 e. The van der Waals surface area contributed by atoms with E-state index in [1.807, 2.05) is 0 Å². The Morgan fingerprint density at radius 1 is 0.750 bits per heavy atom. The molecule has 0 unspecified atom stereocenters. The molecule has 0 atom stereocenters. The number of hydrogen-bond donors (Lipinski definition) is 0. The molecule has 2 rings (SSSR count). The first-order valence-electron chi connectivity index (χ1n) is 8.94. The molecule has 0 aromatic heterocycles. The van der Waals surface area contributed by atoms with Gasteiger partial charge in [0.2, 0.25) is 0 Å². The van der Waals surface area contributed by atoms with E-state index >= 15 is 0 Å². The van der Waals surface area contributed by atoms with Gasteiger partial charge in [0.15, 0.2) is 0 Å². The predicted octanol–water partition coefficient (Wildman–Crippen LogP) is 5.55. The molecule has 0 saturated carbocycles. The summed E-state index contributed by atoms with van der Waals surface area (Å²) in [6, 6.07) is 17.5. The standard InChI is InChI=1S/C22H30N2/c1-5-7-18-24(6-2)22-16-12-20(13-17-22)9-8-19-10-14-21(15-11-19)23(3)4/h8-17H,5-7,18H2,1-4H3/b9-8+. The molecule has 0 amide bonds. The summed E-state index contributed by atoms with van der Waals surface area (Å²) in [6.07, 6.45) is 6.84. The summed E-state index contributed by atoms with van der Waals surface area (Å²) in [6.45, 7) is 6.67. The van der Waals surface area contributed by atoms with Crippen LogP contribution >= 0.6 is 0 Å². The Morgan fingerprint density at radius 3 is 1.67 bits per heavy atom. The first kappa shape index (κ1) is 18.1. The van der Waals surface area contributed by atoms with Crippen LogP contribution in [0, 0.1) is 0 Å². The van der Waals surface area contributed by atoms with Gasteiger partial charge in [-0.05, 0) is 48.7 Å². The maximum absolute atomic E-state index is 2.44. The molecule has 128 valence electrons. The summed E-state index contributed by atoms with van der Waals surface area (Å²) in [5.74, 6) is 0. The highest BCUT2D eigenvalue weighted by Crippen LogP contribution is 2.18. The van der Waals surface area contributed by atoms with E-state index in [1.54, 1.807) is 0 Å². The van der Waals surface area contributed by atoms with Crippen molar-refractivity contribution in [2.24, 2.45) is 0 Å². The van der Waals surface area contributed by atoms with Crippen molar-refractivity contribution >= 4 is 23.5 Å². The summed E-state index contributed by atoms with van der Waals surface area (Å²) in [7, 11) is 4.12. The molecular formula is C22H30N2. The minimum atomic E-state index is 1.06. The fraction of sp³-hybridized carbons (Fsp3) is 0.364. The fourth-order valence-electron chi connectivity index (χ4n) is 2.69. The van der Waals surface area contributed by atoms with Crippen molar-refractivity contribution in [1.82, 2.24) is 0 Å². The van der Waals surface area contributed by atoms with Gasteiger partial charge < -0.3 is 9.80 Å². The SMILES string of the molecule is CCCCN(CC)c1ccc(/C=C/c2ccc(N(C)C)cc2)cc1. The largest absolute Gasteiger partial charge is 0.378 e. The Balaban J connectivity index is 2.02. The third kappa shape index (κ3) is 5.16. The monoisotopic (exact) mass is 322 g/mol. The van der Waals surface area contributed by atoms with E-state index in [4.69, 9.17) is 0 Å². The fourth-order valence-corrected chi connectivity index (χ4v) is 2.69. The smallest absolute Gasteiger partial charge is 0.0366 e. The lowest BCUT2D eigenvalue weighted by atomic mass is 10.1. The summed E-state index contributed by atoms with van der Waals surface area (Å²) in [5, 5.41) is 0. The van der Waals surface area contributed by atoms with Gasteiger partial charge in [0.05, 0.1) is 0 Å². The van der Waals surface area contributed by atoms with Crippen LogP contribution in [0.3, 0.4) is 0 Å². The van der Waals surface area contributed by atoms with E-state index in [0.717, 1.165) is 13.1 Å². The molecular weight excluding hydrogens is 292 g/mol. The van der Waals surface area contributed by atoms with Crippen molar-refractivity contribution in [3.8, 4) is 0 Å². The van der Waals surface area contributed by atoms with Gasteiger partial charge in [0.25, 0.3) is 0 Å². The zero-order valence-electron chi connectivity index (χ0n) is 15.5. The second-order valence-electron chi connectivity index (χ2n) is 6.34. The Labute approximate surface area is 147 Å². The highest BCUT2D eigenvalue weighted by Gasteiger charge is 2.02. The molecule has 2 heteroatoms. The van der Waals surface area contributed by atoms with E-state index in [2.05, 4.69) is 98.4 Å². The molecule has 0 N–H and O–H groups in total. The molecule has 24 heavy (non-hydrogen) atoms. The highest BCUT2D eigenvalue weighted by atomic mass is 15.1. The Kier molecular flexibility index (Phi) is 6.92. The first-order chi connectivity index (χ1) is 11.6. The first-order valence-corrected chi connectivity index (χ1v) is 8.94. The number of anilines is 2. The topological polar surface area (TPSA) is 6.48 Å². The number of benzene rings is 2. The third-order valence-corrected chi connectivity index (χ3v) is 4.30. The van der Waals surface area contributed by atoms with Crippen LogP contribution in [0.5, 0.6) is 0 Å². The molecule has 0 bridgehead atoms. The molecule has 0 spiro atoms. The van der Waals surface area contributed by atoms with E-state index in [9.17, 15) is 0 Å². The van der Waals surface area contributed by atoms with Crippen molar-refractivity contribution in [2.45, 2.75) is 26.7 Å². The number of rotatable bonds is 8. The molecule has 0 aliphatic rings. The molecule has 0 aliphatic carbocycles. The van der Waals surface area contributed by atoms with Gasteiger partial charge in [-0.2, -0.15) is 0 Å². The van der Waals surface area contributed by atoms with E-state index < -0.39 is 0 Å². The number of hydrogen-bond acceptors (Lipinski definition) is 2. The Hall–Kier alpha value is -2.22. The zero-order valence-corrected chi connectivity index (χ0v) is 15.5. The number of nitrogens with zero attached hydrogens (tertiary/aromatic N) is 2. The lowest BCUT2D eigenvalue weighted by Crippen LogP contribution is -2.23. The average Bonchev–Trinajstić information content (AvgIpc) is 2.62. The van der Waals surface area contributed by atoms with Crippen molar-refractivity contribution in [3.05, 3.63) is 59.7 Å². The lowest BCUT2D eigenvalue weighted by molar-refractivity contribution is 0.732. The van der Waals surface area contributed by atoms with Crippen LogP contribution in [0.2, 0.25) is 0 Å². The second-order valence-corrected chi connectivity index (χ2v) is 6.34.